The average molecular weight is 259 g/mol. The minimum atomic E-state index is -0.902. The van der Waals surface area contributed by atoms with E-state index in [1.165, 1.54) is 10.3 Å². The standard InChI is InChI=1S/C14H17N3O2/c1-3-4-11-6-5-10(2)16-14(11)12-7-15-17(8-12)9-13(18)19/h4-5,7-8H,3,6,9H2,1-2H3,(H,18,19)/b11-4+. The number of carboxylic acids is 1. The normalized spacial score (nSPS) is 17.3. The summed E-state index contributed by atoms with van der Waals surface area (Å²) in [6.45, 7) is 3.92. The molecule has 2 rings (SSSR count). The molecule has 0 fully saturated rings. The summed E-state index contributed by atoms with van der Waals surface area (Å²) in [5, 5.41) is 12.8. The van der Waals surface area contributed by atoms with Crippen LogP contribution in [-0.2, 0) is 11.3 Å². The van der Waals surface area contributed by atoms with Gasteiger partial charge < -0.3 is 5.11 Å². The van der Waals surface area contributed by atoms with Gasteiger partial charge >= 0.3 is 5.97 Å². The summed E-state index contributed by atoms with van der Waals surface area (Å²) in [4.78, 5) is 15.2. The highest BCUT2D eigenvalue weighted by Crippen LogP contribution is 2.21. The van der Waals surface area contributed by atoms with Gasteiger partial charge in [-0.25, -0.2) is 0 Å². The molecule has 0 saturated heterocycles. The molecule has 5 nitrogen and oxygen atoms in total. The molecule has 2 heterocycles. The summed E-state index contributed by atoms with van der Waals surface area (Å²) in [6, 6.07) is 0. The van der Waals surface area contributed by atoms with Crippen LogP contribution in [0.25, 0.3) is 0 Å². The molecule has 0 aliphatic carbocycles. The lowest BCUT2D eigenvalue weighted by atomic mass is 9.98. The fourth-order valence-electron chi connectivity index (χ4n) is 2.04. The van der Waals surface area contributed by atoms with Crippen molar-refractivity contribution in [1.82, 2.24) is 9.78 Å². The van der Waals surface area contributed by atoms with E-state index in [-0.39, 0.29) is 6.54 Å². The van der Waals surface area contributed by atoms with Crippen molar-refractivity contribution in [2.45, 2.75) is 33.2 Å². The molecule has 1 aliphatic heterocycles. The van der Waals surface area contributed by atoms with Gasteiger partial charge in [0.1, 0.15) is 6.54 Å². The predicted octanol–water partition coefficient (Wildman–Crippen LogP) is 2.40. The van der Waals surface area contributed by atoms with Crippen molar-refractivity contribution in [3.8, 4) is 0 Å². The number of carboxylic acid groups (broad SMARTS) is 1. The van der Waals surface area contributed by atoms with E-state index in [4.69, 9.17) is 5.11 Å². The Kier molecular flexibility index (Phi) is 3.94. The zero-order chi connectivity index (χ0) is 13.8. The Bertz CT molecular complexity index is 579. The van der Waals surface area contributed by atoms with Crippen molar-refractivity contribution in [2.24, 2.45) is 4.99 Å². The van der Waals surface area contributed by atoms with Crippen LogP contribution in [0.3, 0.4) is 0 Å². The van der Waals surface area contributed by atoms with E-state index in [0.717, 1.165) is 29.8 Å². The molecule has 1 aliphatic rings. The Morgan fingerprint density at radius 1 is 1.58 bits per heavy atom. The van der Waals surface area contributed by atoms with Crippen molar-refractivity contribution in [3.05, 3.63) is 41.4 Å². The SMILES string of the molecule is CC/C=C1\CC=C(C)N=C1c1cnn(CC(=O)O)c1. The van der Waals surface area contributed by atoms with Crippen LogP contribution in [0.15, 0.2) is 40.8 Å². The lowest BCUT2D eigenvalue weighted by Crippen LogP contribution is -2.10. The number of nitrogens with zero attached hydrogens (tertiary/aromatic N) is 3. The molecule has 0 atom stereocenters. The lowest BCUT2D eigenvalue weighted by Gasteiger charge is -2.13. The second-order valence-corrected chi connectivity index (χ2v) is 4.47. The molecular weight excluding hydrogens is 242 g/mol. The van der Waals surface area contributed by atoms with E-state index in [0.29, 0.717) is 0 Å². The predicted molar refractivity (Wildman–Crippen MR) is 73.1 cm³/mol. The van der Waals surface area contributed by atoms with E-state index < -0.39 is 5.97 Å². The van der Waals surface area contributed by atoms with Crippen LogP contribution < -0.4 is 0 Å². The third kappa shape index (κ3) is 3.19. The van der Waals surface area contributed by atoms with E-state index in [1.54, 1.807) is 12.4 Å². The third-order valence-electron chi connectivity index (χ3n) is 2.86. The van der Waals surface area contributed by atoms with Crippen LogP contribution in [0.2, 0.25) is 0 Å². The van der Waals surface area contributed by atoms with Gasteiger partial charge in [-0.05, 0) is 25.3 Å². The molecule has 19 heavy (non-hydrogen) atoms. The monoisotopic (exact) mass is 259 g/mol. The maximum absolute atomic E-state index is 10.7. The number of aliphatic carboxylic acids is 1. The number of hydrogen-bond donors (Lipinski definition) is 1. The minimum Gasteiger partial charge on any atom is -0.480 e. The highest BCUT2D eigenvalue weighted by molar-refractivity contribution is 6.13. The number of hydrogen-bond acceptors (Lipinski definition) is 3. The first-order valence-corrected chi connectivity index (χ1v) is 6.29. The van der Waals surface area contributed by atoms with E-state index in [1.807, 2.05) is 6.92 Å². The number of aromatic nitrogens is 2. The van der Waals surface area contributed by atoms with Crippen molar-refractivity contribution >= 4 is 11.7 Å². The van der Waals surface area contributed by atoms with Crippen LogP contribution in [0.1, 0.15) is 32.3 Å². The van der Waals surface area contributed by atoms with Gasteiger partial charge in [-0.15, -0.1) is 0 Å². The first kappa shape index (κ1) is 13.3. The van der Waals surface area contributed by atoms with Crippen molar-refractivity contribution in [2.75, 3.05) is 0 Å². The molecule has 0 amide bonds. The van der Waals surface area contributed by atoms with Gasteiger partial charge in [-0.2, -0.15) is 5.10 Å². The maximum atomic E-state index is 10.7. The quantitative estimate of drug-likeness (QED) is 0.902. The Morgan fingerprint density at radius 3 is 3.05 bits per heavy atom. The molecule has 0 spiro atoms. The summed E-state index contributed by atoms with van der Waals surface area (Å²) in [5.74, 6) is -0.902. The molecule has 0 aromatic carbocycles. The zero-order valence-corrected chi connectivity index (χ0v) is 11.1. The van der Waals surface area contributed by atoms with E-state index in [9.17, 15) is 4.79 Å². The molecule has 0 bridgehead atoms. The van der Waals surface area contributed by atoms with Crippen molar-refractivity contribution < 1.29 is 9.90 Å². The van der Waals surface area contributed by atoms with Gasteiger partial charge in [0, 0.05) is 17.5 Å². The smallest absolute Gasteiger partial charge is 0.325 e. The molecule has 0 unspecified atom stereocenters. The number of carbonyl (C=O) groups is 1. The van der Waals surface area contributed by atoms with Crippen LogP contribution in [0.4, 0.5) is 0 Å². The van der Waals surface area contributed by atoms with Gasteiger partial charge in [-0.1, -0.05) is 19.1 Å². The molecule has 1 aromatic heterocycles. The number of aliphatic imine (C=N–C) groups is 1. The fraction of sp³-hybridized carbons (Fsp3) is 0.357. The van der Waals surface area contributed by atoms with Gasteiger partial charge in [0.05, 0.1) is 11.9 Å². The van der Waals surface area contributed by atoms with Gasteiger partial charge in [0.15, 0.2) is 0 Å². The second-order valence-electron chi connectivity index (χ2n) is 4.47. The van der Waals surface area contributed by atoms with Gasteiger partial charge in [0.25, 0.3) is 0 Å². The molecular formula is C14H17N3O2. The summed E-state index contributed by atoms with van der Waals surface area (Å²) in [7, 11) is 0. The van der Waals surface area contributed by atoms with Crippen molar-refractivity contribution in [1.29, 1.82) is 0 Å². The Balaban J connectivity index is 2.32. The molecule has 0 saturated carbocycles. The molecule has 0 radical (unpaired) electrons. The Labute approximate surface area is 112 Å². The zero-order valence-electron chi connectivity index (χ0n) is 11.1. The molecule has 5 heteroatoms. The van der Waals surface area contributed by atoms with Gasteiger partial charge in [0.2, 0.25) is 0 Å². The fourth-order valence-corrected chi connectivity index (χ4v) is 2.04. The summed E-state index contributed by atoms with van der Waals surface area (Å²) >= 11 is 0. The van der Waals surface area contributed by atoms with E-state index >= 15 is 0 Å². The van der Waals surface area contributed by atoms with Crippen LogP contribution in [-0.4, -0.2) is 26.6 Å². The third-order valence-corrected chi connectivity index (χ3v) is 2.86. The number of rotatable bonds is 4. The van der Waals surface area contributed by atoms with Crippen LogP contribution in [0.5, 0.6) is 0 Å². The van der Waals surface area contributed by atoms with Crippen LogP contribution in [0, 0.1) is 0 Å². The first-order valence-electron chi connectivity index (χ1n) is 6.29. The van der Waals surface area contributed by atoms with Gasteiger partial charge in [-0.3, -0.25) is 14.5 Å². The minimum absolute atomic E-state index is 0.130. The van der Waals surface area contributed by atoms with Crippen LogP contribution >= 0.6 is 0 Å². The highest BCUT2D eigenvalue weighted by atomic mass is 16.4. The summed E-state index contributed by atoms with van der Waals surface area (Å²) in [6.07, 6.45) is 9.45. The lowest BCUT2D eigenvalue weighted by molar-refractivity contribution is -0.137. The second kappa shape index (κ2) is 5.65. The topological polar surface area (TPSA) is 67.5 Å². The molecule has 100 valence electrons. The largest absolute Gasteiger partial charge is 0.480 e. The average Bonchev–Trinajstić information content (AvgIpc) is 2.79. The Morgan fingerprint density at radius 2 is 2.37 bits per heavy atom. The first-order chi connectivity index (χ1) is 9.10. The summed E-state index contributed by atoms with van der Waals surface area (Å²) in [5.41, 5.74) is 3.92. The summed E-state index contributed by atoms with van der Waals surface area (Å²) < 4.78 is 1.41. The van der Waals surface area contributed by atoms with E-state index in [2.05, 4.69) is 29.2 Å². The molecule has 1 aromatic rings. The molecule has 1 N–H and O–H groups in total. The number of allylic oxidation sites excluding steroid dienone is 4. The Hall–Kier alpha value is -2.17. The highest BCUT2D eigenvalue weighted by Gasteiger charge is 2.15. The van der Waals surface area contributed by atoms with Crippen molar-refractivity contribution in [3.63, 3.8) is 0 Å². The maximum Gasteiger partial charge on any atom is 0.325 e.